The Labute approximate surface area is 133 Å². The minimum atomic E-state index is -0.433. The Morgan fingerprint density at radius 2 is 1.70 bits per heavy atom. The van der Waals surface area contributed by atoms with Gasteiger partial charge < -0.3 is 4.74 Å². The summed E-state index contributed by atoms with van der Waals surface area (Å²) in [4.78, 5) is 38.0. The molecule has 23 heavy (non-hydrogen) atoms. The fourth-order valence-corrected chi connectivity index (χ4v) is 4.18. The number of benzene rings is 1. The lowest BCUT2D eigenvalue weighted by Crippen LogP contribution is -2.38. The van der Waals surface area contributed by atoms with Gasteiger partial charge in [0.1, 0.15) is 5.75 Å². The van der Waals surface area contributed by atoms with Crippen molar-refractivity contribution in [3.8, 4) is 5.75 Å². The van der Waals surface area contributed by atoms with E-state index in [0.29, 0.717) is 11.4 Å². The SMILES string of the molecule is CC(=O)Oc1cccc(N2C(=O)[C@@H]3[C@@H](C2=O)[C@H]2C=C[C@H]3CC2)c1. The number of amides is 2. The van der Waals surface area contributed by atoms with E-state index in [2.05, 4.69) is 12.2 Å². The fraction of sp³-hybridized carbons (Fsp3) is 0.389. The van der Waals surface area contributed by atoms with Crippen LogP contribution in [0.3, 0.4) is 0 Å². The van der Waals surface area contributed by atoms with E-state index in [1.165, 1.54) is 11.8 Å². The molecular weight excluding hydrogens is 294 g/mol. The summed E-state index contributed by atoms with van der Waals surface area (Å²) >= 11 is 0. The van der Waals surface area contributed by atoms with Gasteiger partial charge in [0.2, 0.25) is 11.8 Å². The predicted octanol–water partition coefficient (Wildman–Crippen LogP) is 2.31. The quantitative estimate of drug-likeness (QED) is 0.364. The summed E-state index contributed by atoms with van der Waals surface area (Å²) in [6.07, 6.45) is 6.14. The number of hydrogen-bond donors (Lipinski definition) is 0. The van der Waals surface area contributed by atoms with Gasteiger partial charge in [0.15, 0.2) is 0 Å². The number of imide groups is 1. The minimum absolute atomic E-state index is 0.126. The number of allylic oxidation sites excluding steroid dienone is 2. The molecule has 5 rings (SSSR count). The third kappa shape index (κ3) is 2.11. The van der Waals surface area contributed by atoms with Gasteiger partial charge in [-0.15, -0.1) is 0 Å². The lowest BCUT2D eigenvalue weighted by molar-refractivity contribution is -0.132. The van der Waals surface area contributed by atoms with Gasteiger partial charge in [0, 0.05) is 13.0 Å². The zero-order valence-electron chi connectivity index (χ0n) is 12.8. The van der Waals surface area contributed by atoms with Gasteiger partial charge in [-0.25, -0.2) is 4.90 Å². The highest BCUT2D eigenvalue weighted by molar-refractivity contribution is 6.22. The Kier molecular flexibility index (Phi) is 3.11. The molecule has 1 aromatic carbocycles. The fourth-order valence-electron chi connectivity index (χ4n) is 4.18. The van der Waals surface area contributed by atoms with Crippen molar-refractivity contribution in [3.63, 3.8) is 0 Å². The van der Waals surface area contributed by atoms with Gasteiger partial charge in [-0.2, -0.15) is 0 Å². The third-order valence-electron chi connectivity index (χ3n) is 5.10. The molecule has 1 saturated heterocycles. The largest absolute Gasteiger partial charge is 0.427 e. The first-order valence-corrected chi connectivity index (χ1v) is 7.91. The minimum Gasteiger partial charge on any atom is -0.427 e. The van der Waals surface area contributed by atoms with E-state index < -0.39 is 5.97 Å². The molecule has 2 amide bonds. The van der Waals surface area contributed by atoms with Crippen LogP contribution in [0.4, 0.5) is 5.69 Å². The van der Waals surface area contributed by atoms with Crippen LogP contribution < -0.4 is 9.64 Å². The molecule has 1 saturated carbocycles. The summed E-state index contributed by atoms with van der Waals surface area (Å²) < 4.78 is 5.06. The van der Waals surface area contributed by atoms with Crippen LogP contribution in [0.25, 0.3) is 0 Å². The first kappa shape index (κ1) is 14.2. The van der Waals surface area contributed by atoms with Crippen molar-refractivity contribution in [3.05, 3.63) is 36.4 Å². The highest BCUT2D eigenvalue weighted by atomic mass is 16.5. The van der Waals surface area contributed by atoms with Crippen LogP contribution in [0.2, 0.25) is 0 Å². The number of ether oxygens (including phenoxy) is 1. The normalized spacial score (nSPS) is 31.4. The lowest BCUT2D eigenvalue weighted by atomic mass is 9.63. The Balaban J connectivity index is 1.69. The Morgan fingerprint density at radius 3 is 2.22 bits per heavy atom. The van der Waals surface area contributed by atoms with E-state index in [9.17, 15) is 14.4 Å². The number of anilines is 1. The molecule has 3 aliphatic carbocycles. The summed E-state index contributed by atoms with van der Waals surface area (Å²) in [5, 5.41) is 0. The zero-order chi connectivity index (χ0) is 16.1. The van der Waals surface area contributed by atoms with E-state index in [-0.39, 0.29) is 35.5 Å². The smallest absolute Gasteiger partial charge is 0.308 e. The maximum Gasteiger partial charge on any atom is 0.308 e. The van der Waals surface area contributed by atoms with E-state index >= 15 is 0 Å². The van der Waals surface area contributed by atoms with Gasteiger partial charge in [0.25, 0.3) is 0 Å². The van der Waals surface area contributed by atoms with Crippen molar-refractivity contribution in [2.24, 2.45) is 23.7 Å². The van der Waals surface area contributed by atoms with Crippen molar-refractivity contribution in [2.45, 2.75) is 19.8 Å². The molecular formula is C18H17NO4. The van der Waals surface area contributed by atoms with E-state index in [1.54, 1.807) is 24.3 Å². The molecule has 0 N–H and O–H groups in total. The molecule has 4 atom stereocenters. The van der Waals surface area contributed by atoms with Crippen molar-refractivity contribution < 1.29 is 19.1 Å². The summed E-state index contributed by atoms with van der Waals surface area (Å²) in [7, 11) is 0. The summed E-state index contributed by atoms with van der Waals surface area (Å²) in [5.41, 5.74) is 0.479. The van der Waals surface area contributed by atoms with Gasteiger partial charge in [-0.05, 0) is 36.8 Å². The standard InChI is InChI=1S/C18H17NO4/c1-10(20)23-14-4-2-3-13(9-14)19-17(21)15-11-5-6-12(8-7-11)16(15)18(19)22/h2-6,9,11-12,15-16H,7-8H2,1H3/t11-,12-,15-,16-/m0/s1. The molecule has 0 unspecified atom stereocenters. The molecule has 4 aliphatic rings. The zero-order valence-corrected chi connectivity index (χ0v) is 12.8. The molecule has 0 radical (unpaired) electrons. The molecule has 1 aliphatic heterocycles. The third-order valence-corrected chi connectivity index (χ3v) is 5.10. The number of carbonyl (C=O) groups excluding carboxylic acids is 3. The molecule has 1 aromatic rings. The van der Waals surface area contributed by atoms with Crippen LogP contribution in [0.15, 0.2) is 36.4 Å². The van der Waals surface area contributed by atoms with Crippen LogP contribution >= 0.6 is 0 Å². The molecule has 1 heterocycles. The lowest BCUT2D eigenvalue weighted by Gasteiger charge is -2.38. The van der Waals surface area contributed by atoms with Gasteiger partial charge >= 0.3 is 5.97 Å². The predicted molar refractivity (Wildman–Crippen MR) is 82.6 cm³/mol. The summed E-state index contributed by atoms with van der Waals surface area (Å²) in [5.74, 6) is -0.472. The van der Waals surface area contributed by atoms with Crippen LogP contribution in [-0.4, -0.2) is 17.8 Å². The monoisotopic (exact) mass is 311 g/mol. The first-order valence-electron chi connectivity index (χ1n) is 7.91. The Bertz CT molecular complexity index is 706. The van der Waals surface area contributed by atoms with Crippen LogP contribution in [0.5, 0.6) is 5.75 Å². The highest BCUT2D eigenvalue weighted by Gasteiger charge is 2.56. The number of hydrogen-bond acceptors (Lipinski definition) is 4. The maximum atomic E-state index is 12.8. The average molecular weight is 311 g/mol. The highest BCUT2D eigenvalue weighted by Crippen LogP contribution is 2.50. The van der Waals surface area contributed by atoms with Gasteiger partial charge in [-0.3, -0.25) is 14.4 Å². The first-order chi connectivity index (χ1) is 11.1. The number of rotatable bonds is 2. The molecule has 2 bridgehead atoms. The van der Waals surface area contributed by atoms with E-state index in [1.807, 2.05) is 0 Å². The van der Waals surface area contributed by atoms with Gasteiger partial charge in [-0.1, -0.05) is 18.2 Å². The molecule has 0 spiro atoms. The number of carbonyl (C=O) groups is 3. The number of nitrogens with zero attached hydrogens (tertiary/aromatic N) is 1. The van der Waals surface area contributed by atoms with Crippen LogP contribution in [-0.2, 0) is 14.4 Å². The van der Waals surface area contributed by atoms with E-state index in [0.717, 1.165) is 12.8 Å². The topological polar surface area (TPSA) is 63.7 Å². The second-order valence-electron chi connectivity index (χ2n) is 6.44. The average Bonchev–Trinajstić information content (AvgIpc) is 2.82. The molecule has 118 valence electrons. The second kappa shape index (κ2) is 5.05. The molecule has 0 aromatic heterocycles. The van der Waals surface area contributed by atoms with Gasteiger partial charge in [0.05, 0.1) is 17.5 Å². The Morgan fingerprint density at radius 1 is 1.09 bits per heavy atom. The summed E-state index contributed by atoms with van der Waals surface area (Å²) in [6, 6.07) is 6.59. The molecule has 5 nitrogen and oxygen atoms in total. The maximum absolute atomic E-state index is 12.8. The van der Waals surface area contributed by atoms with Crippen molar-refractivity contribution in [2.75, 3.05) is 4.90 Å². The molecule has 5 heteroatoms. The Hall–Kier alpha value is -2.43. The number of fused-ring (bicyclic) bond motifs is 1. The van der Waals surface area contributed by atoms with E-state index in [4.69, 9.17) is 4.74 Å². The summed E-state index contributed by atoms with van der Waals surface area (Å²) in [6.45, 7) is 1.32. The van der Waals surface area contributed by atoms with Crippen molar-refractivity contribution in [1.29, 1.82) is 0 Å². The number of esters is 1. The van der Waals surface area contributed by atoms with Crippen LogP contribution in [0.1, 0.15) is 19.8 Å². The van der Waals surface area contributed by atoms with Crippen LogP contribution in [0, 0.1) is 23.7 Å². The van der Waals surface area contributed by atoms with Crippen molar-refractivity contribution >= 4 is 23.5 Å². The molecule has 2 fully saturated rings. The second-order valence-corrected chi connectivity index (χ2v) is 6.44. The van der Waals surface area contributed by atoms with Crippen molar-refractivity contribution in [1.82, 2.24) is 0 Å².